The molecule has 1 aliphatic heterocycles. The maximum absolute atomic E-state index is 4.65. The van der Waals surface area contributed by atoms with Gasteiger partial charge in [0.05, 0.1) is 6.54 Å². The first-order chi connectivity index (χ1) is 13.5. The van der Waals surface area contributed by atoms with Crippen LogP contribution >= 0.6 is 0 Å². The van der Waals surface area contributed by atoms with Gasteiger partial charge in [-0.15, -0.1) is 0 Å². The molecule has 0 bridgehead atoms. The van der Waals surface area contributed by atoms with Gasteiger partial charge in [0, 0.05) is 50.8 Å². The number of nitrogens with one attached hydrogen (secondary N) is 2. The van der Waals surface area contributed by atoms with Crippen molar-refractivity contribution in [2.24, 2.45) is 10.9 Å². The minimum atomic E-state index is 0.419. The lowest BCUT2D eigenvalue weighted by atomic mass is 10.1. The maximum Gasteiger partial charge on any atom is 0.191 e. The molecular formula is C21H33N7. The Hall–Kier alpha value is -2.57. The molecule has 0 amide bonds. The van der Waals surface area contributed by atoms with E-state index in [9.17, 15) is 0 Å². The molecule has 2 aromatic rings. The zero-order chi connectivity index (χ0) is 19.9. The summed E-state index contributed by atoms with van der Waals surface area (Å²) in [4.78, 5) is 15.9. The number of hydrogen-bond donors (Lipinski definition) is 2. The van der Waals surface area contributed by atoms with Crippen LogP contribution in [0.2, 0.25) is 0 Å². The molecule has 3 heterocycles. The molecule has 1 saturated heterocycles. The number of anilines is 1. The van der Waals surface area contributed by atoms with E-state index in [1.54, 1.807) is 0 Å². The molecule has 3 rings (SSSR count). The summed E-state index contributed by atoms with van der Waals surface area (Å²) in [5.41, 5.74) is 1.07. The second-order valence-corrected chi connectivity index (χ2v) is 7.86. The Balaban J connectivity index is 1.48. The van der Waals surface area contributed by atoms with E-state index >= 15 is 0 Å². The quantitative estimate of drug-likeness (QED) is 0.593. The molecule has 0 saturated carbocycles. The zero-order valence-corrected chi connectivity index (χ0v) is 17.5. The van der Waals surface area contributed by atoms with Crippen LogP contribution in [0, 0.1) is 12.8 Å². The summed E-state index contributed by atoms with van der Waals surface area (Å²) in [5, 5.41) is 6.98. The van der Waals surface area contributed by atoms with Crippen molar-refractivity contribution in [1.29, 1.82) is 0 Å². The lowest BCUT2D eigenvalue weighted by Crippen LogP contribution is -2.48. The first-order valence-corrected chi connectivity index (χ1v) is 10.2. The molecule has 2 N–H and O–H groups in total. The fourth-order valence-corrected chi connectivity index (χ4v) is 3.58. The molecule has 0 atom stereocenters. The van der Waals surface area contributed by atoms with Crippen molar-refractivity contribution in [2.45, 2.75) is 52.7 Å². The highest BCUT2D eigenvalue weighted by Crippen LogP contribution is 2.18. The standard InChI is InChI=1S/C21H33N7/c1-16(2)15-28-13-10-23-20(28)14-24-21(22-4)26-18-8-11-27(12-9-18)19-7-5-6-17(3)25-19/h5-7,10,13,16,18H,8-9,11-12,14-15H2,1-4H3,(H2,22,24,26). The molecule has 7 heteroatoms. The van der Waals surface area contributed by atoms with Crippen molar-refractivity contribution in [3.8, 4) is 0 Å². The molecule has 28 heavy (non-hydrogen) atoms. The molecule has 1 aliphatic rings. The molecule has 0 aromatic carbocycles. The van der Waals surface area contributed by atoms with E-state index in [1.165, 1.54) is 0 Å². The number of piperidine rings is 1. The third-order valence-corrected chi connectivity index (χ3v) is 5.03. The number of aliphatic imine (C=N–C) groups is 1. The number of nitrogens with zero attached hydrogens (tertiary/aromatic N) is 5. The fraction of sp³-hybridized carbons (Fsp3) is 0.571. The Kier molecular flexibility index (Phi) is 6.90. The van der Waals surface area contributed by atoms with Crippen molar-refractivity contribution in [1.82, 2.24) is 25.2 Å². The molecule has 7 nitrogen and oxygen atoms in total. The summed E-state index contributed by atoms with van der Waals surface area (Å²) in [6, 6.07) is 6.64. The number of pyridine rings is 1. The van der Waals surface area contributed by atoms with Crippen molar-refractivity contribution in [3.05, 3.63) is 42.1 Å². The topological polar surface area (TPSA) is 70.4 Å². The average molecular weight is 384 g/mol. The van der Waals surface area contributed by atoms with Crippen LogP contribution in [0.3, 0.4) is 0 Å². The van der Waals surface area contributed by atoms with Crippen molar-refractivity contribution >= 4 is 11.8 Å². The first-order valence-electron chi connectivity index (χ1n) is 10.2. The lowest BCUT2D eigenvalue weighted by Gasteiger charge is -2.34. The van der Waals surface area contributed by atoms with E-state index in [1.807, 2.05) is 32.4 Å². The predicted molar refractivity (Wildman–Crippen MR) is 115 cm³/mol. The van der Waals surface area contributed by atoms with E-state index < -0.39 is 0 Å². The monoisotopic (exact) mass is 383 g/mol. The van der Waals surface area contributed by atoms with Crippen LogP contribution in [-0.2, 0) is 13.1 Å². The van der Waals surface area contributed by atoms with E-state index in [0.29, 0.717) is 18.5 Å². The van der Waals surface area contributed by atoms with E-state index in [2.05, 4.69) is 61.0 Å². The van der Waals surface area contributed by atoms with Gasteiger partial charge in [-0.1, -0.05) is 19.9 Å². The van der Waals surface area contributed by atoms with Gasteiger partial charge in [-0.3, -0.25) is 4.99 Å². The first kappa shape index (κ1) is 20.2. The van der Waals surface area contributed by atoms with Crippen LogP contribution in [0.25, 0.3) is 0 Å². The van der Waals surface area contributed by atoms with Gasteiger partial charge in [-0.25, -0.2) is 9.97 Å². The smallest absolute Gasteiger partial charge is 0.191 e. The van der Waals surface area contributed by atoms with Crippen LogP contribution < -0.4 is 15.5 Å². The number of rotatable bonds is 6. The molecule has 1 fully saturated rings. The fourth-order valence-electron chi connectivity index (χ4n) is 3.58. The number of imidazole rings is 1. The molecule has 0 radical (unpaired) electrons. The number of aromatic nitrogens is 3. The zero-order valence-electron chi connectivity index (χ0n) is 17.5. The summed E-state index contributed by atoms with van der Waals surface area (Å²) in [7, 11) is 1.82. The van der Waals surface area contributed by atoms with E-state index in [-0.39, 0.29) is 0 Å². The Bertz CT molecular complexity index is 773. The van der Waals surface area contributed by atoms with Gasteiger partial charge in [0.2, 0.25) is 0 Å². The Morgan fingerprint density at radius 3 is 2.75 bits per heavy atom. The molecule has 0 unspecified atom stereocenters. The molecule has 152 valence electrons. The van der Waals surface area contributed by atoms with Crippen molar-refractivity contribution in [2.75, 3.05) is 25.0 Å². The number of hydrogen-bond acceptors (Lipinski definition) is 4. The molecule has 0 spiro atoms. The largest absolute Gasteiger partial charge is 0.356 e. The highest BCUT2D eigenvalue weighted by Gasteiger charge is 2.21. The Labute approximate surface area is 168 Å². The van der Waals surface area contributed by atoms with Gasteiger partial charge in [0.15, 0.2) is 5.96 Å². The van der Waals surface area contributed by atoms with Crippen molar-refractivity contribution in [3.63, 3.8) is 0 Å². The van der Waals surface area contributed by atoms with E-state index in [4.69, 9.17) is 0 Å². The number of aryl methyl sites for hydroxylation is 1. The van der Waals surface area contributed by atoms with Gasteiger partial charge >= 0.3 is 0 Å². The summed E-state index contributed by atoms with van der Waals surface area (Å²) < 4.78 is 2.21. The van der Waals surface area contributed by atoms with Crippen LogP contribution in [0.4, 0.5) is 5.82 Å². The highest BCUT2D eigenvalue weighted by atomic mass is 15.2. The second-order valence-electron chi connectivity index (χ2n) is 7.86. The van der Waals surface area contributed by atoms with Gasteiger partial charge < -0.3 is 20.1 Å². The molecular weight excluding hydrogens is 350 g/mol. The predicted octanol–water partition coefficient (Wildman–Crippen LogP) is 2.58. The summed E-state index contributed by atoms with van der Waals surface area (Å²) in [6.45, 7) is 10.1. The minimum absolute atomic E-state index is 0.419. The van der Waals surface area contributed by atoms with Crippen LogP contribution in [0.15, 0.2) is 35.6 Å². The maximum atomic E-state index is 4.65. The number of guanidine groups is 1. The summed E-state index contributed by atoms with van der Waals surface area (Å²) >= 11 is 0. The lowest BCUT2D eigenvalue weighted by molar-refractivity contribution is 0.458. The van der Waals surface area contributed by atoms with Gasteiger partial charge in [-0.05, 0) is 37.8 Å². The summed E-state index contributed by atoms with van der Waals surface area (Å²) in [5.74, 6) is 3.56. The summed E-state index contributed by atoms with van der Waals surface area (Å²) in [6.07, 6.45) is 6.05. The normalized spacial score (nSPS) is 15.9. The SMILES string of the molecule is CN=C(NCc1nccn1CC(C)C)NC1CCN(c2cccc(C)n2)CC1. The van der Waals surface area contributed by atoms with Crippen molar-refractivity contribution < 1.29 is 0 Å². The third-order valence-electron chi connectivity index (χ3n) is 5.03. The van der Waals surface area contributed by atoms with Crippen LogP contribution in [0.1, 0.15) is 38.2 Å². The Morgan fingerprint density at radius 2 is 2.07 bits per heavy atom. The average Bonchev–Trinajstić information content (AvgIpc) is 3.12. The highest BCUT2D eigenvalue weighted by molar-refractivity contribution is 5.79. The Morgan fingerprint density at radius 1 is 1.29 bits per heavy atom. The van der Waals surface area contributed by atoms with Gasteiger partial charge in [0.1, 0.15) is 11.6 Å². The van der Waals surface area contributed by atoms with Gasteiger partial charge in [-0.2, -0.15) is 0 Å². The van der Waals surface area contributed by atoms with Crippen LogP contribution in [-0.4, -0.2) is 46.7 Å². The third kappa shape index (κ3) is 5.47. The minimum Gasteiger partial charge on any atom is -0.356 e. The molecule has 0 aliphatic carbocycles. The van der Waals surface area contributed by atoms with Crippen LogP contribution in [0.5, 0.6) is 0 Å². The van der Waals surface area contributed by atoms with Gasteiger partial charge in [0.25, 0.3) is 0 Å². The van der Waals surface area contributed by atoms with E-state index in [0.717, 1.165) is 55.8 Å². The second kappa shape index (κ2) is 9.57. The molecule has 2 aromatic heterocycles.